The Hall–Kier alpha value is -3.30. The van der Waals surface area contributed by atoms with Crippen LogP contribution in [0.25, 0.3) is 21.5 Å². The highest BCUT2D eigenvalue weighted by Gasteiger charge is 2.10. The Labute approximate surface area is 162 Å². The molecule has 130 valence electrons. The summed E-state index contributed by atoms with van der Waals surface area (Å²) in [5.41, 5.74) is 1.72. The second-order valence-electron chi connectivity index (χ2n) is 6.00. The zero-order valence-electron chi connectivity index (χ0n) is 14.5. The minimum Gasteiger partial charge on any atom is -0.234 e. The van der Waals surface area contributed by atoms with Gasteiger partial charge in [-0.1, -0.05) is 78.9 Å². The maximum absolute atomic E-state index is 6.09. The molecule has 0 N–H and O–H groups in total. The van der Waals surface area contributed by atoms with E-state index < -0.39 is 0 Å². The minimum absolute atomic E-state index is 0.0573. The van der Waals surface area contributed by atoms with Crippen molar-refractivity contribution in [3.63, 3.8) is 0 Å². The Morgan fingerprint density at radius 3 is 2.04 bits per heavy atom. The lowest BCUT2D eigenvalue weighted by Gasteiger charge is -2.08. The fraction of sp³-hybridized carbons (Fsp3) is 0. The number of rotatable bonds is 2. The highest BCUT2D eigenvalue weighted by molar-refractivity contribution is 6.66. The lowest BCUT2D eigenvalue weighted by atomic mass is 10.0. The molecule has 0 aliphatic carbocycles. The molecule has 0 unspecified atom stereocenters. The summed E-state index contributed by atoms with van der Waals surface area (Å²) in [7, 11) is 0. The van der Waals surface area contributed by atoms with Crippen LogP contribution in [0.3, 0.4) is 0 Å². The van der Waals surface area contributed by atoms with E-state index in [1.54, 1.807) is 0 Å². The average Bonchev–Trinajstić information content (AvgIpc) is 2.73. The third-order valence-corrected chi connectivity index (χ3v) is 4.56. The number of aliphatic imine (C=N–C) groups is 3. The summed E-state index contributed by atoms with van der Waals surface area (Å²) in [5, 5.41) is 4.39. The van der Waals surface area contributed by atoms with Gasteiger partial charge in [0, 0.05) is 10.9 Å². The van der Waals surface area contributed by atoms with E-state index in [9.17, 15) is 0 Å². The Balaban J connectivity index is 1.99. The first kappa shape index (κ1) is 17.1. The molecule has 27 heavy (non-hydrogen) atoms. The van der Waals surface area contributed by atoms with Crippen LogP contribution in [0.4, 0.5) is 5.69 Å². The first-order valence-corrected chi connectivity index (χ1v) is 8.89. The summed E-state index contributed by atoms with van der Waals surface area (Å²) in [6, 6.07) is 28.3. The molecular formula is C23H16ClN3. The normalized spacial score (nSPS) is 12.5. The molecule has 4 aromatic rings. The van der Waals surface area contributed by atoms with Crippen molar-refractivity contribution in [1.82, 2.24) is 0 Å². The predicted octanol–water partition coefficient (Wildman–Crippen LogP) is 6.37. The zero-order valence-corrected chi connectivity index (χ0v) is 15.3. The summed E-state index contributed by atoms with van der Waals surface area (Å²) >= 11 is 6.09. The van der Waals surface area contributed by atoms with Crippen LogP contribution >= 0.6 is 11.6 Å². The monoisotopic (exact) mass is 369 g/mol. The molecule has 0 heterocycles. The van der Waals surface area contributed by atoms with Crippen molar-refractivity contribution in [3.8, 4) is 0 Å². The molecule has 0 aliphatic rings. The quantitative estimate of drug-likeness (QED) is 0.224. The van der Waals surface area contributed by atoms with Gasteiger partial charge in [-0.15, -0.1) is 0 Å². The van der Waals surface area contributed by atoms with Crippen LogP contribution < -0.4 is 0 Å². The molecule has 0 amide bonds. The summed E-state index contributed by atoms with van der Waals surface area (Å²) in [5.74, 6) is 0.501. The van der Waals surface area contributed by atoms with Gasteiger partial charge in [0.15, 0.2) is 5.84 Å². The number of benzene rings is 4. The highest BCUT2D eigenvalue weighted by atomic mass is 35.5. The summed E-state index contributed by atoms with van der Waals surface area (Å²) < 4.78 is 0. The van der Waals surface area contributed by atoms with Crippen molar-refractivity contribution >= 4 is 56.7 Å². The minimum atomic E-state index is 0.0573. The second kappa shape index (κ2) is 7.52. The Morgan fingerprint density at radius 1 is 0.704 bits per heavy atom. The van der Waals surface area contributed by atoms with E-state index in [2.05, 4.69) is 41.0 Å². The van der Waals surface area contributed by atoms with Crippen molar-refractivity contribution in [1.29, 1.82) is 0 Å². The summed E-state index contributed by atoms with van der Waals surface area (Å²) in [4.78, 5) is 13.0. The van der Waals surface area contributed by atoms with Crippen LogP contribution in [-0.4, -0.2) is 17.8 Å². The van der Waals surface area contributed by atoms with E-state index in [0.717, 1.165) is 32.8 Å². The molecule has 0 bridgehead atoms. The van der Waals surface area contributed by atoms with E-state index in [0.29, 0.717) is 5.84 Å². The zero-order chi connectivity index (χ0) is 18.6. The fourth-order valence-electron chi connectivity index (χ4n) is 3.11. The molecule has 0 spiro atoms. The SMILES string of the molecule is C=NC(Cl)=NC(=Nc1cccc2ccccc12)c1cccc2ccccc12. The van der Waals surface area contributed by atoms with Crippen molar-refractivity contribution in [2.75, 3.05) is 0 Å². The number of amidine groups is 2. The van der Waals surface area contributed by atoms with Gasteiger partial charge in [-0.3, -0.25) is 0 Å². The Bertz CT molecular complexity index is 1200. The van der Waals surface area contributed by atoms with E-state index in [4.69, 9.17) is 16.6 Å². The van der Waals surface area contributed by atoms with Crippen LogP contribution in [0.5, 0.6) is 0 Å². The molecule has 0 atom stereocenters. The van der Waals surface area contributed by atoms with Gasteiger partial charge in [-0.2, -0.15) is 4.99 Å². The van der Waals surface area contributed by atoms with Crippen LogP contribution in [0.1, 0.15) is 5.56 Å². The van der Waals surface area contributed by atoms with Gasteiger partial charge in [0.2, 0.25) is 5.29 Å². The van der Waals surface area contributed by atoms with Crippen LogP contribution in [-0.2, 0) is 0 Å². The molecule has 0 aromatic heterocycles. The number of nitrogens with zero attached hydrogens (tertiary/aromatic N) is 3. The molecule has 4 aromatic carbocycles. The molecule has 0 saturated heterocycles. The fourth-order valence-corrected chi connectivity index (χ4v) is 3.19. The van der Waals surface area contributed by atoms with Crippen LogP contribution in [0.15, 0.2) is 99.9 Å². The van der Waals surface area contributed by atoms with Crippen molar-refractivity contribution in [2.24, 2.45) is 15.0 Å². The molecule has 4 heteroatoms. The number of hydrogen-bond acceptors (Lipinski definition) is 1. The Morgan fingerprint density at radius 2 is 1.30 bits per heavy atom. The topological polar surface area (TPSA) is 37.1 Å². The van der Waals surface area contributed by atoms with Gasteiger partial charge in [-0.05, 0) is 40.5 Å². The first-order chi connectivity index (χ1) is 13.3. The van der Waals surface area contributed by atoms with Crippen molar-refractivity contribution < 1.29 is 0 Å². The van der Waals surface area contributed by atoms with Crippen molar-refractivity contribution in [3.05, 3.63) is 90.5 Å². The van der Waals surface area contributed by atoms with Gasteiger partial charge in [0.1, 0.15) is 0 Å². The van der Waals surface area contributed by atoms with Crippen LogP contribution in [0.2, 0.25) is 0 Å². The average molecular weight is 370 g/mol. The molecule has 0 aliphatic heterocycles. The van der Waals surface area contributed by atoms with Crippen LogP contribution in [0, 0.1) is 0 Å². The maximum Gasteiger partial charge on any atom is 0.223 e. The standard InChI is InChI=1S/C23H16ClN3/c1-25-23(24)27-22(20-14-6-10-16-8-2-4-12-18(16)20)26-21-15-7-11-17-9-3-5-13-19(17)21/h2-15H,1H2. The maximum atomic E-state index is 6.09. The van der Waals surface area contributed by atoms with E-state index in [1.165, 1.54) is 0 Å². The molecule has 4 rings (SSSR count). The summed E-state index contributed by atoms with van der Waals surface area (Å²) in [6.45, 7) is 3.46. The van der Waals surface area contributed by atoms with Gasteiger partial charge >= 0.3 is 0 Å². The van der Waals surface area contributed by atoms with E-state index in [-0.39, 0.29) is 5.29 Å². The molecule has 0 radical (unpaired) electrons. The molecule has 0 saturated carbocycles. The molecular weight excluding hydrogens is 354 g/mol. The second-order valence-corrected chi connectivity index (χ2v) is 6.34. The first-order valence-electron chi connectivity index (χ1n) is 8.52. The van der Waals surface area contributed by atoms with E-state index >= 15 is 0 Å². The van der Waals surface area contributed by atoms with Gasteiger partial charge in [0.05, 0.1) is 5.69 Å². The predicted molar refractivity (Wildman–Crippen MR) is 117 cm³/mol. The Kier molecular flexibility index (Phi) is 4.77. The highest BCUT2D eigenvalue weighted by Crippen LogP contribution is 2.28. The lowest BCUT2D eigenvalue weighted by molar-refractivity contribution is 1.47. The lowest BCUT2D eigenvalue weighted by Crippen LogP contribution is -2.01. The number of fused-ring (bicyclic) bond motifs is 2. The molecule has 3 nitrogen and oxygen atoms in total. The number of hydrogen-bond donors (Lipinski definition) is 0. The third kappa shape index (κ3) is 3.50. The third-order valence-electron chi connectivity index (χ3n) is 4.35. The molecule has 0 fully saturated rings. The van der Waals surface area contributed by atoms with Crippen molar-refractivity contribution in [2.45, 2.75) is 0 Å². The van der Waals surface area contributed by atoms with Gasteiger partial charge in [0.25, 0.3) is 0 Å². The van der Waals surface area contributed by atoms with Gasteiger partial charge in [-0.25, -0.2) is 9.98 Å². The summed E-state index contributed by atoms with van der Waals surface area (Å²) in [6.07, 6.45) is 0. The smallest absolute Gasteiger partial charge is 0.223 e. The number of halogens is 1. The van der Waals surface area contributed by atoms with E-state index in [1.807, 2.05) is 60.7 Å². The van der Waals surface area contributed by atoms with Gasteiger partial charge < -0.3 is 0 Å². The largest absolute Gasteiger partial charge is 0.234 e.